The Morgan fingerprint density at radius 3 is 2.44 bits per heavy atom. The Hall–Kier alpha value is -1.58. The first-order valence-corrected chi connectivity index (χ1v) is 4.39. The zero-order chi connectivity index (χ0) is 10.7. The summed E-state index contributed by atoms with van der Waals surface area (Å²) in [5.74, 6) is -0.997. The van der Waals surface area contributed by atoms with Crippen LogP contribution >= 0.6 is 0 Å². The van der Waals surface area contributed by atoms with Gasteiger partial charge in [-0.05, 0) is 24.3 Å². The molecule has 0 spiro atoms. The fourth-order valence-electron chi connectivity index (χ4n) is 1.28. The third kappa shape index (κ3) is 2.51. The molecular formula is C11H8IrN2O2. The van der Waals surface area contributed by atoms with Gasteiger partial charge in [0.15, 0.2) is 0 Å². The summed E-state index contributed by atoms with van der Waals surface area (Å²) in [5, 5.41) is 8.96. The number of rotatable bonds is 2. The van der Waals surface area contributed by atoms with E-state index in [1.54, 1.807) is 36.7 Å². The summed E-state index contributed by atoms with van der Waals surface area (Å²) in [6.45, 7) is 0. The van der Waals surface area contributed by atoms with E-state index in [9.17, 15) is 4.79 Å². The molecule has 0 aliphatic rings. The number of nitrogens with zero attached hydrogens (tertiary/aromatic N) is 2. The number of hydrogen-bond acceptors (Lipinski definition) is 3. The third-order valence-electron chi connectivity index (χ3n) is 1.95. The van der Waals surface area contributed by atoms with Crippen molar-refractivity contribution in [1.82, 2.24) is 9.97 Å². The molecule has 2 aromatic heterocycles. The molecule has 1 radical (unpaired) electrons. The van der Waals surface area contributed by atoms with Gasteiger partial charge >= 0.3 is 5.97 Å². The summed E-state index contributed by atoms with van der Waals surface area (Å²) in [4.78, 5) is 19.0. The molecule has 0 aliphatic heterocycles. The summed E-state index contributed by atoms with van der Waals surface area (Å²) >= 11 is 0. The van der Waals surface area contributed by atoms with Crippen LogP contribution in [0.4, 0.5) is 0 Å². The first-order chi connectivity index (χ1) is 7.29. The van der Waals surface area contributed by atoms with Crippen LogP contribution in [0.15, 0.2) is 42.7 Å². The quantitative estimate of drug-likeness (QED) is 0.847. The molecule has 16 heavy (non-hydrogen) atoms. The predicted octanol–water partition coefficient (Wildman–Crippen LogP) is 1.84. The topological polar surface area (TPSA) is 63.1 Å². The largest absolute Gasteiger partial charge is 0.478 e. The number of hydrogen-bond donors (Lipinski definition) is 1. The Balaban J connectivity index is 0.00000128. The number of carboxylic acid groups (broad SMARTS) is 1. The predicted molar refractivity (Wildman–Crippen MR) is 54.4 cm³/mol. The molecule has 2 aromatic rings. The van der Waals surface area contributed by atoms with Gasteiger partial charge in [0, 0.05) is 32.5 Å². The molecule has 4 nitrogen and oxygen atoms in total. The molecule has 0 aliphatic carbocycles. The van der Waals surface area contributed by atoms with Crippen molar-refractivity contribution >= 4 is 5.97 Å². The van der Waals surface area contributed by atoms with Gasteiger partial charge in [-0.1, -0.05) is 6.07 Å². The van der Waals surface area contributed by atoms with Gasteiger partial charge in [0.25, 0.3) is 0 Å². The maximum absolute atomic E-state index is 10.9. The number of pyridine rings is 2. The van der Waals surface area contributed by atoms with E-state index in [2.05, 4.69) is 9.97 Å². The monoisotopic (exact) mass is 393 g/mol. The maximum Gasteiger partial charge on any atom is 0.337 e. The van der Waals surface area contributed by atoms with Crippen molar-refractivity contribution in [3.05, 3.63) is 48.3 Å². The van der Waals surface area contributed by atoms with Gasteiger partial charge in [-0.3, -0.25) is 9.97 Å². The van der Waals surface area contributed by atoms with Crippen LogP contribution in [0.25, 0.3) is 11.4 Å². The van der Waals surface area contributed by atoms with E-state index in [1.807, 2.05) is 0 Å². The summed E-state index contributed by atoms with van der Waals surface area (Å²) < 4.78 is 0. The molecule has 0 saturated carbocycles. The molecule has 0 saturated heterocycles. The van der Waals surface area contributed by atoms with Crippen molar-refractivity contribution < 1.29 is 30.0 Å². The first-order valence-electron chi connectivity index (χ1n) is 4.39. The van der Waals surface area contributed by atoms with Crippen LogP contribution in [0, 0.1) is 0 Å². The Morgan fingerprint density at radius 1 is 1.06 bits per heavy atom. The maximum atomic E-state index is 10.9. The van der Waals surface area contributed by atoms with Gasteiger partial charge in [-0.2, -0.15) is 0 Å². The van der Waals surface area contributed by atoms with Crippen LogP contribution in [-0.4, -0.2) is 21.0 Å². The Bertz CT molecular complexity index is 488. The average Bonchev–Trinajstić information content (AvgIpc) is 2.30. The van der Waals surface area contributed by atoms with Crippen LogP contribution in [-0.2, 0) is 20.1 Å². The van der Waals surface area contributed by atoms with E-state index in [4.69, 9.17) is 5.11 Å². The number of aromatic carboxylic acids is 1. The Labute approximate surface area is 106 Å². The van der Waals surface area contributed by atoms with Gasteiger partial charge in [0.1, 0.15) is 5.69 Å². The van der Waals surface area contributed by atoms with E-state index in [1.165, 1.54) is 6.07 Å². The van der Waals surface area contributed by atoms with E-state index in [0.717, 1.165) is 0 Å². The first kappa shape index (κ1) is 12.5. The van der Waals surface area contributed by atoms with Crippen LogP contribution in [0.2, 0.25) is 0 Å². The third-order valence-corrected chi connectivity index (χ3v) is 1.95. The minimum atomic E-state index is -0.997. The molecule has 0 bridgehead atoms. The molecule has 0 aromatic carbocycles. The minimum Gasteiger partial charge on any atom is -0.478 e. The molecule has 83 valence electrons. The Morgan fingerprint density at radius 2 is 1.81 bits per heavy atom. The molecule has 0 atom stereocenters. The Kier molecular flexibility index (Phi) is 4.28. The van der Waals surface area contributed by atoms with Gasteiger partial charge in [-0.15, -0.1) is 0 Å². The van der Waals surface area contributed by atoms with Crippen LogP contribution in [0.5, 0.6) is 0 Å². The number of carbonyl (C=O) groups is 1. The van der Waals surface area contributed by atoms with Gasteiger partial charge in [0.2, 0.25) is 0 Å². The number of aromatic nitrogens is 2. The van der Waals surface area contributed by atoms with Crippen LogP contribution in [0.3, 0.4) is 0 Å². The van der Waals surface area contributed by atoms with Crippen molar-refractivity contribution in [2.75, 3.05) is 0 Å². The second-order valence-electron chi connectivity index (χ2n) is 2.92. The van der Waals surface area contributed by atoms with Crippen molar-refractivity contribution in [3.63, 3.8) is 0 Å². The van der Waals surface area contributed by atoms with Crippen molar-refractivity contribution in [3.8, 4) is 11.4 Å². The van der Waals surface area contributed by atoms with E-state index in [0.29, 0.717) is 11.4 Å². The van der Waals surface area contributed by atoms with Gasteiger partial charge < -0.3 is 5.11 Å². The second-order valence-corrected chi connectivity index (χ2v) is 2.92. The van der Waals surface area contributed by atoms with Crippen molar-refractivity contribution in [1.29, 1.82) is 0 Å². The normalized spacial score (nSPS) is 9.25. The molecule has 1 N–H and O–H groups in total. The summed E-state index contributed by atoms with van der Waals surface area (Å²) in [7, 11) is 0. The molecular weight excluding hydrogens is 384 g/mol. The fourth-order valence-corrected chi connectivity index (χ4v) is 1.28. The second kappa shape index (κ2) is 5.49. The minimum absolute atomic E-state index is 0. The molecule has 0 unspecified atom stereocenters. The van der Waals surface area contributed by atoms with Crippen molar-refractivity contribution in [2.45, 2.75) is 0 Å². The van der Waals surface area contributed by atoms with E-state index in [-0.39, 0.29) is 25.7 Å². The summed E-state index contributed by atoms with van der Waals surface area (Å²) in [5.41, 5.74) is 1.12. The van der Waals surface area contributed by atoms with Crippen LogP contribution < -0.4 is 0 Å². The zero-order valence-corrected chi connectivity index (χ0v) is 10.5. The van der Waals surface area contributed by atoms with Gasteiger partial charge in [-0.25, -0.2) is 4.79 Å². The standard InChI is InChI=1S/C11H8N2O2.Ir/c14-11(15)8-4-3-7-13-10(8)9-5-1-2-6-12-9;/h1-7H,(H,14,15);. The molecule has 0 amide bonds. The molecule has 2 rings (SSSR count). The van der Waals surface area contributed by atoms with E-state index < -0.39 is 5.97 Å². The van der Waals surface area contributed by atoms with Gasteiger partial charge in [0.05, 0.1) is 11.3 Å². The number of carboxylic acids is 1. The fraction of sp³-hybridized carbons (Fsp3) is 0. The molecule has 0 fully saturated rings. The summed E-state index contributed by atoms with van der Waals surface area (Å²) in [6, 6.07) is 8.40. The zero-order valence-electron chi connectivity index (χ0n) is 8.12. The van der Waals surface area contributed by atoms with Crippen LogP contribution in [0.1, 0.15) is 10.4 Å². The smallest absolute Gasteiger partial charge is 0.337 e. The molecule has 2 heterocycles. The van der Waals surface area contributed by atoms with E-state index >= 15 is 0 Å². The van der Waals surface area contributed by atoms with Crippen molar-refractivity contribution in [2.24, 2.45) is 0 Å². The summed E-state index contributed by atoms with van der Waals surface area (Å²) in [6.07, 6.45) is 3.16. The molecule has 5 heteroatoms. The SMILES string of the molecule is O=C(O)c1cccnc1-c1ccccn1.[Ir]. The average molecular weight is 392 g/mol.